The van der Waals surface area contributed by atoms with Gasteiger partial charge in [0.25, 0.3) is 0 Å². The second-order valence-electron chi connectivity index (χ2n) is 4.99. The Balaban J connectivity index is 1.83. The van der Waals surface area contributed by atoms with E-state index >= 15 is 0 Å². The van der Waals surface area contributed by atoms with Crippen molar-refractivity contribution < 1.29 is 9.90 Å². The number of nitrogens with one attached hydrogen (secondary N) is 1. The van der Waals surface area contributed by atoms with Gasteiger partial charge in [-0.3, -0.25) is 4.79 Å². The predicted molar refractivity (Wildman–Crippen MR) is 81.4 cm³/mol. The Kier molecular flexibility index (Phi) is 5.66. The third kappa shape index (κ3) is 4.35. The highest BCUT2D eigenvalue weighted by molar-refractivity contribution is 6.39. The van der Waals surface area contributed by atoms with E-state index in [1.54, 1.807) is 18.2 Å². The van der Waals surface area contributed by atoms with Crippen LogP contribution in [0.4, 0.5) is 5.69 Å². The summed E-state index contributed by atoms with van der Waals surface area (Å²) < 4.78 is 0. The molecule has 1 amide bonds. The van der Waals surface area contributed by atoms with Gasteiger partial charge in [0, 0.05) is 19.5 Å². The predicted octanol–water partition coefficient (Wildman–Crippen LogP) is 2.78. The standard InChI is InChI=1S/C14H18Cl2N2O2/c15-11-4-1-5-12(16)14(11)17-13(20)6-8-18-7-2-3-10(19)9-18/h1,4-5,10,19H,2-3,6-9H2,(H,17,20)/t10-/m0/s1. The molecule has 1 aliphatic heterocycles. The number of aliphatic hydroxyl groups is 1. The number of amides is 1. The molecule has 0 radical (unpaired) electrons. The number of likely N-dealkylation sites (tertiary alicyclic amines) is 1. The fraction of sp³-hybridized carbons (Fsp3) is 0.500. The molecule has 1 heterocycles. The maximum atomic E-state index is 11.9. The summed E-state index contributed by atoms with van der Waals surface area (Å²) >= 11 is 12.0. The SMILES string of the molecule is O=C(CCN1CCC[C@H](O)C1)Nc1c(Cl)cccc1Cl. The van der Waals surface area contributed by atoms with Gasteiger partial charge in [-0.05, 0) is 31.5 Å². The number of para-hydroxylation sites is 1. The van der Waals surface area contributed by atoms with E-state index in [1.165, 1.54) is 0 Å². The number of carbonyl (C=O) groups is 1. The second-order valence-corrected chi connectivity index (χ2v) is 5.81. The summed E-state index contributed by atoms with van der Waals surface area (Å²) in [5, 5.41) is 13.2. The summed E-state index contributed by atoms with van der Waals surface area (Å²) in [5.41, 5.74) is 0.458. The van der Waals surface area contributed by atoms with E-state index in [4.69, 9.17) is 23.2 Å². The van der Waals surface area contributed by atoms with Crippen LogP contribution in [0.5, 0.6) is 0 Å². The van der Waals surface area contributed by atoms with E-state index in [9.17, 15) is 9.90 Å². The monoisotopic (exact) mass is 316 g/mol. The number of halogens is 2. The lowest BCUT2D eigenvalue weighted by Gasteiger charge is -2.29. The van der Waals surface area contributed by atoms with E-state index in [-0.39, 0.29) is 12.0 Å². The number of hydrogen-bond acceptors (Lipinski definition) is 3. The smallest absolute Gasteiger partial charge is 0.225 e. The minimum atomic E-state index is -0.273. The molecule has 4 nitrogen and oxygen atoms in total. The summed E-state index contributed by atoms with van der Waals surface area (Å²) in [6.07, 6.45) is 1.90. The molecule has 0 aromatic heterocycles. The van der Waals surface area contributed by atoms with E-state index < -0.39 is 0 Å². The number of anilines is 1. The highest BCUT2D eigenvalue weighted by Crippen LogP contribution is 2.29. The van der Waals surface area contributed by atoms with Crippen molar-refractivity contribution >= 4 is 34.8 Å². The maximum absolute atomic E-state index is 11.9. The number of β-amino-alcohol motifs (C(OH)–C–C–N with tert-alkyl or cyclic N) is 1. The molecule has 110 valence electrons. The Bertz CT molecular complexity index is 462. The quantitative estimate of drug-likeness (QED) is 0.898. The lowest BCUT2D eigenvalue weighted by Crippen LogP contribution is -2.39. The van der Waals surface area contributed by atoms with Crippen molar-refractivity contribution in [2.75, 3.05) is 25.0 Å². The van der Waals surface area contributed by atoms with Crippen molar-refractivity contribution in [3.05, 3.63) is 28.2 Å². The van der Waals surface area contributed by atoms with Gasteiger partial charge in [-0.1, -0.05) is 29.3 Å². The fourth-order valence-corrected chi connectivity index (χ4v) is 2.80. The highest BCUT2D eigenvalue weighted by Gasteiger charge is 2.18. The second kappa shape index (κ2) is 7.27. The van der Waals surface area contributed by atoms with Crippen LogP contribution >= 0.6 is 23.2 Å². The van der Waals surface area contributed by atoms with E-state index in [0.29, 0.717) is 35.2 Å². The summed E-state index contributed by atoms with van der Waals surface area (Å²) in [7, 11) is 0. The van der Waals surface area contributed by atoms with Crippen molar-refractivity contribution in [2.24, 2.45) is 0 Å². The first-order valence-corrected chi connectivity index (χ1v) is 7.46. The van der Waals surface area contributed by atoms with Gasteiger partial charge in [-0.2, -0.15) is 0 Å². The molecule has 1 atom stereocenters. The third-order valence-electron chi connectivity index (χ3n) is 3.36. The number of nitrogens with zero attached hydrogens (tertiary/aromatic N) is 1. The number of hydrogen-bond donors (Lipinski definition) is 2. The molecule has 1 aromatic carbocycles. The average molecular weight is 317 g/mol. The summed E-state index contributed by atoms with van der Waals surface area (Å²) in [4.78, 5) is 14.0. The normalized spacial score (nSPS) is 19.9. The van der Waals surface area contributed by atoms with Gasteiger partial charge < -0.3 is 15.3 Å². The number of aliphatic hydroxyl groups excluding tert-OH is 1. The molecule has 0 saturated carbocycles. The van der Waals surface area contributed by atoms with Gasteiger partial charge in [-0.25, -0.2) is 0 Å². The molecule has 1 fully saturated rings. The average Bonchev–Trinajstić information content (AvgIpc) is 2.41. The minimum absolute atomic E-state index is 0.125. The van der Waals surface area contributed by atoms with Gasteiger partial charge in [0.15, 0.2) is 0 Å². The number of piperidine rings is 1. The van der Waals surface area contributed by atoms with Crippen LogP contribution in [-0.4, -0.2) is 41.7 Å². The van der Waals surface area contributed by atoms with Crippen LogP contribution in [0.25, 0.3) is 0 Å². The number of benzene rings is 1. The Morgan fingerprint density at radius 1 is 1.40 bits per heavy atom. The van der Waals surface area contributed by atoms with E-state index in [0.717, 1.165) is 19.4 Å². The fourth-order valence-electron chi connectivity index (χ4n) is 2.31. The van der Waals surface area contributed by atoms with Gasteiger partial charge in [0.1, 0.15) is 0 Å². The molecule has 1 aliphatic rings. The summed E-state index contributed by atoms with van der Waals surface area (Å²) in [5.74, 6) is -0.125. The molecular formula is C14H18Cl2N2O2. The largest absolute Gasteiger partial charge is 0.392 e. The van der Waals surface area contributed by atoms with Crippen molar-refractivity contribution in [1.29, 1.82) is 0 Å². The van der Waals surface area contributed by atoms with Crippen molar-refractivity contribution in [3.8, 4) is 0 Å². The molecule has 0 unspecified atom stereocenters. The van der Waals surface area contributed by atoms with Gasteiger partial charge >= 0.3 is 0 Å². The third-order valence-corrected chi connectivity index (χ3v) is 3.99. The molecule has 1 aromatic rings. The lowest BCUT2D eigenvalue weighted by molar-refractivity contribution is -0.116. The van der Waals surface area contributed by atoms with Crippen LogP contribution in [0.2, 0.25) is 10.0 Å². The zero-order chi connectivity index (χ0) is 14.5. The van der Waals surface area contributed by atoms with E-state index in [1.807, 2.05) is 0 Å². The molecule has 0 bridgehead atoms. The lowest BCUT2D eigenvalue weighted by atomic mass is 10.1. The van der Waals surface area contributed by atoms with Crippen molar-refractivity contribution in [1.82, 2.24) is 4.90 Å². The molecule has 0 aliphatic carbocycles. The molecule has 0 spiro atoms. The van der Waals surface area contributed by atoms with Crippen LogP contribution in [0.1, 0.15) is 19.3 Å². The zero-order valence-electron chi connectivity index (χ0n) is 11.1. The highest BCUT2D eigenvalue weighted by atomic mass is 35.5. The molecule has 1 saturated heterocycles. The Labute approximate surface area is 128 Å². The first-order chi connectivity index (χ1) is 9.56. The number of rotatable bonds is 4. The first-order valence-electron chi connectivity index (χ1n) is 6.70. The molecule has 2 rings (SSSR count). The van der Waals surface area contributed by atoms with Gasteiger partial charge in [-0.15, -0.1) is 0 Å². The van der Waals surface area contributed by atoms with Crippen LogP contribution in [0.3, 0.4) is 0 Å². The topological polar surface area (TPSA) is 52.6 Å². The van der Waals surface area contributed by atoms with Crippen LogP contribution in [0.15, 0.2) is 18.2 Å². The summed E-state index contributed by atoms with van der Waals surface area (Å²) in [6, 6.07) is 5.10. The number of carbonyl (C=O) groups excluding carboxylic acids is 1. The van der Waals surface area contributed by atoms with Crippen LogP contribution < -0.4 is 5.32 Å². The van der Waals surface area contributed by atoms with Gasteiger partial charge in [0.05, 0.1) is 21.8 Å². The molecule has 20 heavy (non-hydrogen) atoms. The molecular weight excluding hydrogens is 299 g/mol. The maximum Gasteiger partial charge on any atom is 0.225 e. The van der Waals surface area contributed by atoms with Gasteiger partial charge in [0.2, 0.25) is 5.91 Å². The Morgan fingerprint density at radius 2 is 2.10 bits per heavy atom. The van der Waals surface area contributed by atoms with Crippen molar-refractivity contribution in [2.45, 2.75) is 25.4 Å². The zero-order valence-corrected chi connectivity index (χ0v) is 12.6. The van der Waals surface area contributed by atoms with Crippen LogP contribution in [-0.2, 0) is 4.79 Å². The first kappa shape index (κ1) is 15.6. The minimum Gasteiger partial charge on any atom is -0.392 e. The van der Waals surface area contributed by atoms with Crippen LogP contribution in [0, 0.1) is 0 Å². The molecule has 2 N–H and O–H groups in total. The molecule has 6 heteroatoms. The van der Waals surface area contributed by atoms with E-state index in [2.05, 4.69) is 10.2 Å². The summed E-state index contributed by atoms with van der Waals surface area (Å²) in [6.45, 7) is 2.20. The Hall–Kier alpha value is -0.810. The Morgan fingerprint density at radius 3 is 2.75 bits per heavy atom. The van der Waals surface area contributed by atoms with Crippen molar-refractivity contribution in [3.63, 3.8) is 0 Å².